The van der Waals surface area contributed by atoms with E-state index in [-0.39, 0.29) is 0 Å². The maximum atomic E-state index is 13.5. The van der Waals surface area contributed by atoms with Crippen molar-refractivity contribution in [2.75, 3.05) is 13.7 Å². The van der Waals surface area contributed by atoms with Gasteiger partial charge in [0, 0.05) is 29.2 Å². The Kier molecular flexibility index (Phi) is 5.02. The van der Waals surface area contributed by atoms with Crippen molar-refractivity contribution in [2.24, 2.45) is 0 Å². The summed E-state index contributed by atoms with van der Waals surface area (Å²) in [5.41, 5.74) is 5.92. The number of nitrogens with one attached hydrogen (secondary N) is 1. The monoisotopic (exact) mass is 444 g/mol. The van der Waals surface area contributed by atoms with Crippen LogP contribution in [0.2, 0.25) is 0 Å². The normalized spacial score (nSPS) is 14.1. The van der Waals surface area contributed by atoms with Crippen molar-refractivity contribution < 1.29 is 13.2 Å². The first kappa shape index (κ1) is 20.4. The van der Waals surface area contributed by atoms with E-state index in [1.807, 2.05) is 55.5 Å². The molecule has 0 unspecified atom stereocenters. The van der Waals surface area contributed by atoms with E-state index in [0.717, 1.165) is 44.6 Å². The number of H-pyrrole nitrogens is 1. The van der Waals surface area contributed by atoms with Gasteiger partial charge in [0.2, 0.25) is 0 Å². The molecule has 0 saturated heterocycles. The maximum absolute atomic E-state index is 13.5. The average molecular weight is 445 g/mol. The van der Waals surface area contributed by atoms with E-state index in [9.17, 15) is 8.42 Å². The third-order valence-corrected chi connectivity index (χ3v) is 7.74. The number of rotatable bonds is 4. The maximum Gasteiger partial charge on any atom is 0.263 e. The van der Waals surface area contributed by atoms with Crippen LogP contribution in [0.15, 0.2) is 83.9 Å². The highest BCUT2D eigenvalue weighted by Crippen LogP contribution is 2.36. The minimum Gasteiger partial charge on any atom is -0.497 e. The number of aromatic amines is 1. The Morgan fingerprint density at radius 1 is 0.938 bits per heavy atom. The Hall–Kier alpha value is -3.51. The summed E-state index contributed by atoms with van der Waals surface area (Å²) in [4.78, 5) is 3.83. The van der Waals surface area contributed by atoms with Crippen LogP contribution in [0.1, 0.15) is 22.4 Å². The van der Waals surface area contributed by atoms with Gasteiger partial charge < -0.3 is 9.72 Å². The molecule has 162 valence electrons. The molecule has 0 aliphatic carbocycles. The summed E-state index contributed by atoms with van der Waals surface area (Å²) in [5.74, 6) is 0.754. The number of para-hydroxylation sites is 1. The molecule has 2 heterocycles. The lowest BCUT2D eigenvalue weighted by molar-refractivity contribution is 0.415. The first-order valence-corrected chi connectivity index (χ1v) is 12.0. The van der Waals surface area contributed by atoms with Gasteiger partial charge in [0.1, 0.15) is 5.75 Å². The largest absolute Gasteiger partial charge is 0.497 e. The van der Waals surface area contributed by atoms with Crippen molar-refractivity contribution in [1.29, 1.82) is 0 Å². The standard InChI is InChI=1S/C26H24N2O3S/c1-18-7-13-21(14-8-18)32(29,30)28-16-15-23-22-5-3-4-6-25(22)27-26(23)24(17-28)19-9-11-20(31-2)12-10-19/h3-14,17,27H,15-16H2,1-2H3. The van der Waals surface area contributed by atoms with Gasteiger partial charge in [-0.1, -0.05) is 48.0 Å². The van der Waals surface area contributed by atoms with Gasteiger partial charge >= 0.3 is 0 Å². The number of aromatic nitrogens is 1. The molecule has 0 fully saturated rings. The number of aryl methyl sites for hydroxylation is 1. The molecule has 1 N–H and O–H groups in total. The first-order chi connectivity index (χ1) is 15.5. The molecule has 1 aliphatic heterocycles. The summed E-state index contributed by atoms with van der Waals surface area (Å²) < 4.78 is 33.8. The van der Waals surface area contributed by atoms with Crippen LogP contribution in [0.4, 0.5) is 0 Å². The van der Waals surface area contributed by atoms with Crippen molar-refractivity contribution in [2.45, 2.75) is 18.2 Å². The van der Waals surface area contributed by atoms with E-state index < -0.39 is 10.0 Å². The molecule has 5 nitrogen and oxygen atoms in total. The zero-order chi connectivity index (χ0) is 22.3. The summed E-state index contributed by atoms with van der Waals surface area (Å²) in [5, 5.41) is 1.12. The molecule has 0 radical (unpaired) electrons. The summed E-state index contributed by atoms with van der Waals surface area (Å²) in [6.45, 7) is 2.31. The lowest BCUT2D eigenvalue weighted by atomic mass is 9.99. The second-order valence-electron chi connectivity index (χ2n) is 7.97. The van der Waals surface area contributed by atoms with E-state index in [1.165, 1.54) is 4.31 Å². The van der Waals surface area contributed by atoms with E-state index in [4.69, 9.17) is 4.74 Å². The number of fused-ring (bicyclic) bond motifs is 3. The topological polar surface area (TPSA) is 62.4 Å². The molecule has 0 saturated carbocycles. The fourth-order valence-electron chi connectivity index (χ4n) is 4.21. The van der Waals surface area contributed by atoms with Crippen LogP contribution in [0.5, 0.6) is 5.75 Å². The third kappa shape index (κ3) is 3.46. The fraction of sp³-hybridized carbons (Fsp3) is 0.154. The van der Waals surface area contributed by atoms with Gasteiger partial charge in [-0.25, -0.2) is 8.42 Å². The number of hydrogen-bond donors (Lipinski definition) is 1. The summed E-state index contributed by atoms with van der Waals surface area (Å²) in [7, 11) is -2.06. The van der Waals surface area contributed by atoms with Gasteiger partial charge in [-0.05, 0) is 54.8 Å². The predicted octanol–water partition coefficient (Wildman–Crippen LogP) is 5.12. The van der Waals surface area contributed by atoms with Gasteiger partial charge in [0.25, 0.3) is 10.0 Å². The second-order valence-corrected chi connectivity index (χ2v) is 9.86. The summed E-state index contributed by atoms with van der Waals surface area (Å²) in [6, 6.07) is 22.9. The average Bonchev–Trinajstić information content (AvgIpc) is 3.06. The Morgan fingerprint density at radius 3 is 2.38 bits per heavy atom. The second kappa shape index (κ2) is 7.88. The number of hydrogen-bond acceptors (Lipinski definition) is 3. The molecule has 5 rings (SSSR count). The molecule has 1 aromatic heterocycles. The van der Waals surface area contributed by atoms with Crippen molar-refractivity contribution in [3.8, 4) is 5.75 Å². The first-order valence-electron chi connectivity index (χ1n) is 10.5. The highest BCUT2D eigenvalue weighted by molar-refractivity contribution is 7.89. The van der Waals surface area contributed by atoms with Crippen LogP contribution in [-0.4, -0.2) is 31.4 Å². The highest BCUT2D eigenvalue weighted by atomic mass is 32.2. The molecule has 6 heteroatoms. The number of ether oxygens (including phenoxy) is 1. The van der Waals surface area contributed by atoms with Crippen LogP contribution in [-0.2, 0) is 16.4 Å². The van der Waals surface area contributed by atoms with Crippen molar-refractivity contribution in [3.63, 3.8) is 0 Å². The molecule has 4 aromatic rings. The molecular formula is C26H24N2O3S. The zero-order valence-electron chi connectivity index (χ0n) is 18.0. The molecule has 0 spiro atoms. The number of methoxy groups -OCH3 is 1. The van der Waals surface area contributed by atoms with Crippen molar-refractivity contribution in [3.05, 3.63) is 101 Å². The fourth-order valence-corrected chi connectivity index (χ4v) is 5.54. The van der Waals surface area contributed by atoms with E-state index in [2.05, 4.69) is 17.1 Å². The smallest absolute Gasteiger partial charge is 0.263 e. The molecule has 32 heavy (non-hydrogen) atoms. The Balaban J connectivity index is 1.68. The van der Waals surface area contributed by atoms with E-state index in [1.54, 1.807) is 25.4 Å². The zero-order valence-corrected chi connectivity index (χ0v) is 18.8. The SMILES string of the molecule is COc1ccc(C2=CN(S(=O)(=O)c3ccc(C)cc3)CCc3c2[nH]c2ccccc32)cc1. The molecule has 1 aliphatic rings. The van der Waals surface area contributed by atoms with Crippen LogP contribution < -0.4 is 4.74 Å². The third-order valence-electron chi connectivity index (χ3n) is 5.97. The lowest BCUT2D eigenvalue weighted by Gasteiger charge is -2.20. The Morgan fingerprint density at radius 2 is 1.66 bits per heavy atom. The van der Waals surface area contributed by atoms with Gasteiger partial charge in [-0.15, -0.1) is 0 Å². The van der Waals surface area contributed by atoms with Crippen LogP contribution >= 0.6 is 0 Å². The number of nitrogens with zero attached hydrogens (tertiary/aromatic N) is 1. The Labute approximate surface area is 188 Å². The van der Waals surface area contributed by atoms with Crippen LogP contribution in [0, 0.1) is 6.92 Å². The molecular weight excluding hydrogens is 420 g/mol. The van der Waals surface area contributed by atoms with Crippen LogP contribution in [0.25, 0.3) is 16.5 Å². The van der Waals surface area contributed by atoms with Crippen LogP contribution in [0.3, 0.4) is 0 Å². The van der Waals surface area contributed by atoms with Gasteiger partial charge in [0.15, 0.2) is 0 Å². The molecule has 0 bridgehead atoms. The van der Waals surface area contributed by atoms with Gasteiger partial charge in [-0.2, -0.15) is 0 Å². The number of sulfonamides is 1. The molecule has 0 atom stereocenters. The summed E-state index contributed by atoms with van der Waals surface area (Å²) in [6.07, 6.45) is 2.37. The number of benzene rings is 3. The van der Waals surface area contributed by atoms with E-state index in [0.29, 0.717) is 17.9 Å². The highest BCUT2D eigenvalue weighted by Gasteiger charge is 2.28. The van der Waals surface area contributed by atoms with Crippen molar-refractivity contribution >= 4 is 26.5 Å². The Bertz CT molecular complexity index is 1420. The minimum absolute atomic E-state index is 0.295. The summed E-state index contributed by atoms with van der Waals surface area (Å²) >= 11 is 0. The van der Waals surface area contributed by atoms with Gasteiger partial charge in [-0.3, -0.25) is 4.31 Å². The molecule has 3 aromatic carbocycles. The van der Waals surface area contributed by atoms with Crippen molar-refractivity contribution in [1.82, 2.24) is 9.29 Å². The van der Waals surface area contributed by atoms with E-state index >= 15 is 0 Å². The van der Waals surface area contributed by atoms with Gasteiger partial charge in [0.05, 0.1) is 17.7 Å². The molecule has 0 amide bonds. The minimum atomic E-state index is -3.69. The quantitative estimate of drug-likeness (QED) is 0.475. The lowest BCUT2D eigenvalue weighted by Crippen LogP contribution is -2.27. The predicted molar refractivity (Wildman–Crippen MR) is 127 cm³/mol.